The Morgan fingerprint density at radius 1 is 1.44 bits per heavy atom. The van der Waals surface area contributed by atoms with Gasteiger partial charge in [-0.1, -0.05) is 12.1 Å². The van der Waals surface area contributed by atoms with Gasteiger partial charge in [0.05, 0.1) is 0 Å². The van der Waals surface area contributed by atoms with Gasteiger partial charge in [-0.2, -0.15) is 0 Å². The summed E-state index contributed by atoms with van der Waals surface area (Å²) < 4.78 is 26.9. The summed E-state index contributed by atoms with van der Waals surface area (Å²) in [4.78, 5) is 2.04. The molecule has 16 heavy (non-hydrogen) atoms. The smallest absolute Gasteiger partial charge is 0.163 e. The molecular formula is C12H16F2N2. The second-order valence-corrected chi connectivity index (χ2v) is 4.35. The summed E-state index contributed by atoms with van der Waals surface area (Å²) >= 11 is 0. The fourth-order valence-electron chi connectivity index (χ4n) is 2.51. The van der Waals surface area contributed by atoms with Gasteiger partial charge in [0.25, 0.3) is 0 Å². The lowest BCUT2D eigenvalue weighted by Gasteiger charge is -2.25. The number of hydrogen-bond acceptors (Lipinski definition) is 2. The molecule has 2 atom stereocenters. The van der Waals surface area contributed by atoms with Crippen LogP contribution in [0.15, 0.2) is 18.2 Å². The molecule has 0 amide bonds. The van der Waals surface area contributed by atoms with Crippen molar-refractivity contribution in [1.29, 1.82) is 0 Å². The Morgan fingerprint density at radius 2 is 2.19 bits per heavy atom. The molecule has 0 bridgehead atoms. The highest BCUT2D eigenvalue weighted by Crippen LogP contribution is 2.36. The number of nitrogens with zero attached hydrogens (tertiary/aromatic N) is 1. The predicted molar refractivity (Wildman–Crippen MR) is 58.9 cm³/mol. The second kappa shape index (κ2) is 4.47. The summed E-state index contributed by atoms with van der Waals surface area (Å²) in [5.41, 5.74) is 6.10. The maximum atomic E-state index is 13.7. The van der Waals surface area contributed by atoms with Gasteiger partial charge in [-0.25, -0.2) is 8.78 Å². The van der Waals surface area contributed by atoms with Crippen LogP contribution < -0.4 is 5.73 Å². The fraction of sp³-hybridized carbons (Fsp3) is 0.500. The van der Waals surface area contributed by atoms with Gasteiger partial charge in [0.1, 0.15) is 0 Å². The highest BCUT2D eigenvalue weighted by Gasteiger charge is 2.34. The fourth-order valence-corrected chi connectivity index (χ4v) is 2.51. The third-order valence-corrected chi connectivity index (χ3v) is 3.38. The first-order valence-electron chi connectivity index (χ1n) is 5.49. The zero-order chi connectivity index (χ0) is 11.7. The molecule has 0 radical (unpaired) electrons. The summed E-state index contributed by atoms with van der Waals surface area (Å²) in [6.45, 7) is 1.38. The van der Waals surface area contributed by atoms with Crippen LogP contribution in [0.1, 0.15) is 18.0 Å². The highest BCUT2D eigenvalue weighted by atomic mass is 19.2. The summed E-state index contributed by atoms with van der Waals surface area (Å²) in [6.07, 6.45) is 0.938. The minimum absolute atomic E-state index is 0.0966. The molecule has 1 aromatic rings. The van der Waals surface area contributed by atoms with Crippen LogP contribution >= 0.6 is 0 Å². The highest BCUT2D eigenvalue weighted by molar-refractivity contribution is 5.24. The van der Waals surface area contributed by atoms with Crippen molar-refractivity contribution in [3.8, 4) is 0 Å². The van der Waals surface area contributed by atoms with Crippen LogP contribution in [-0.4, -0.2) is 25.0 Å². The first-order valence-corrected chi connectivity index (χ1v) is 5.49. The van der Waals surface area contributed by atoms with Gasteiger partial charge in [0, 0.05) is 11.6 Å². The molecule has 1 fully saturated rings. The summed E-state index contributed by atoms with van der Waals surface area (Å²) in [5, 5.41) is 0. The lowest BCUT2D eigenvalue weighted by atomic mass is 9.93. The molecule has 1 aliphatic heterocycles. The molecule has 0 aromatic heterocycles. The van der Waals surface area contributed by atoms with Crippen molar-refractivity contribution in [3.05, 3.63) is 35.4 Å². The first kappa shape index (κ1) is 11.5. The Morgan fingerprint density at radius 3 is 2.88 bits per heavy atom. The summed E-state index contributed by atoms with van der Waals surface area (Å²) in [5.74, 6) is -1.31. The zero-order valence-corrected chi connectivity index (χ0v) is 9.29. The Balaban J connectivity index is 2.38. The molecule has 0 spiro atoms. The average molecular weight is 226 g/mol. The van der Waals surface area contributed by atoms with E-state index in [0.717, 1.165) is 19.0 Å². The van der Waals surface area contributed by atoms with Gasteiger partial charge in [-0.15, -0.1) is 0 Å². The maximum Gasteiger partial charge on any atom is 0.163 e. The lowest BCUT2D eigenvalue weighted by Crippen LogP contribution is -2.26. The van der Waals surface area contributed by atoms with Crippen LogP contribution in [0.4, 0.5) is 8.78 Å². The van der Waals surface area contributed by atoms with Gasteiger partial charge < -0.3 is 5.73 Å². The number of likely N-dealkylation sites (tertiary alicyclic amines) is 1. The van der Waals surface area contributed by atoms with Crippen LogP contribution in [0, 0.1) is 17.6 Å². The third-order valence-electron chi connectivity index (χ3n) is 3.38. The SMILES string of the molecule is CN1CCC(CN)C1c1cccc(F)c1F. The normalized spacial score (nSPS) is 26.2. The predicted octanol–water partition coefficient (Wildman–Crippen LogP) is 1.92. The molecule has 1 aromatic carbocycles. The lowest BCUT2D eigenvalue weighted by molar-refractivity contribution is 0.270. The van der Waals surface area contributed by atoms with Crippen LogP contribution in [0.2, 0.25) is 0 Å². The molecule has 1 aliphatic rings. The van der Waals surface area contributed by atoms with E-state index in [-0.39, 0.29) is 12.0 Å². The average Bonchev–Trinajstić information content (AvgIpc) is 2.64. The Kier molecular flexibility index (Phi) is 3.21. The second-order valence-electron chi connectivity index (χ2n) is 4.35. The van der Waals surface area contributed by atoms with Gasteiger partial charge in [0.15, 0.2) is 11.6 Å². The maximum absolute atomic E-state index is 13.7. The molecule has 4 heteroatoms. The standard InChI is InChI=1S/C12H16F2N2/c1-16-6-5-8(7-15)12(16)9-3-2-4-10(13)11(9)14/h2-4,8,12H,5-7,15H2,1H3. The van der Waals surface area contributed by atoms with Crippen molar-refractivity contribution >= 4 is 0 Å². The van der Waals surface area contributed by atoms with E-state index < -0.39 is 11.6 Å². The van der Waals surface area contributed by atoms with Crippen molar-refractivity contribution < 1.29 is 8.78 Å². The van der Waals surface area contributed by atoms with Crippen molar-refractivity contribution in [1.82, 2.24) is 4.90 Å². The van der Waals surface area contributed by atoms with E-state index in [2.05, 4.69) is 0 Å². The molecule has 2 rings (SSSR count). The monoisotopic (exact) mass is 226 g/mol. The van der Waals surface area contributed by atoms with Crippen molar-refractivity contribution in [2.45, 2.75) is 12.5 Å². The Hall–Kier alpha value is -1.00. The van der Waals surface area contributed by atoms with Crippen LogP contribution in [0.5, 0.6) is 0 Å². The number of halogens is 2. The van der Waals surface area contributed by atoms with Crippen molar-refractivity contribution in [2.75, 3.05) is 20.1 Å². The van der Waals surface area contributed by atoms with Gasteiger partial charge >= 0.3 is 0 Å². The van der Waals surface area contributed by atoms with E-state index in [0.29, 0.717) is 12.1 Å². The molecule has 1 heterocycles. The molecule has 88 valence electrons. The van der Waals surface area contributed by atoms with Crippen LogP contribution in [0.25, 0.3) is 0 Å². The zero-order valence-electron chi connectivity index (χ0n) is 9.29. The van der Waals surface area contributed by atoms with Crippen LogP contribution in [-0.2, 0) is 0 Å². The Bertz CT molecular complexity index is 381. The summed E-state index contributed by atoms with van der Waals surface area (Å²) in [6, 6.07) is 4.24. The molecule has 0 saturated carbocycles. The largest absolute Gasteiger partial charge is 0.330 e. The minimum Gasteiger partial charge on any atom is -0.330 e. The number of nitrogens with two attached hydrogens (primary N) is 1. The van der Waals surface area contributed by atoms with Crippen molar-refractivity contribution in [2.24, 2.45) is 11.7 Å². The van der Waals surface area contributed by atoms with E-state index in [1.165, 1.54) is 0 Å². The van der Waals surface area contributed by atoms with Crippen LogP contribution in [0.3, 0.4) is 0 Å². The molecule has 2 nitrogen and oxygen atoms in total. The van der Waals surface area contributed by atoms with Gasteiger partial charge in [-0.3, -0.25) is 4.90 Å². The van der Waals surface area contributed by atoms with Gasteiger partial charge in [-0.05, 0) is 38.5 Å². The molecule has 2 unspecified atom stereocenters. The quantitative estimate of drug-likeness (QED) is 0.834. The van der Waals surface area contributed by atoms with Crippen molar-refractivity contribution in [3.63, 3.8) is 0 Å². The van der Waals surface area contributed by atoms with E-state index >= 15 is 0 Å². The molecule has 2 N–H and O–H groups in total. The van der Waals surface area contributed by atoms with E-state index in [1.807, 2.05) is 11.9 Å². The van der Waals surface area contributed by atoms with E-state index in [9.17, 15) is 8.78 Å². The Labute approximate surface area is 94.0 Å². The number of hydrogen-bond donors (Lipinski definition) is 1. The number of rotatable bonds is 2. The third kappa shape index (κ3) is 1.83. The molecule has 1 saturated heterocycles. The van der Waals surface area contributed by atoms with Gasteiger partial charge in [0.2, 0.25) is 0 Å². The van der Waals surface area contributed by atoms with E-state index in [4.69, 9.17) is 5.73 Å². The minimum atomic E-state index is -0.784. The number of benzene rings is 1. The summed E-state index contributed by atoms with van der Waals surface area (Å²) in [7, 11) is 1.92. The topological polar surface area (TPSA) is 29.3 Å². The molecule has 0 aliphatic carbocycles. The van der Waals surface area contributed by atoms with E-state index in [1.54, 1.807) is 12.1 Å². The first-order chi connectivity index (χ1) is 7.65. The molecular weight excluding hydrogens is 210 g/mol.